The van der Waals surface area contributed by atoms with Gasteiger partial charge in [0.15, 0.2) is 5.54 Å². The van der Waals surface area contributed by atoms with Crippen LogP contribution < -0.4 is 9.64 Å². The van der Waals surface area contributed by atoms with Gasteiger partial charge in [0.2, 0.25) is 0 Å². The van der Waals surface area contributed by atoms with E-state index in [-0.39, 0.29) is 18.2 Å². The molecule has 5 rings (SSSR count). The van der Waals surface area contributed by atoms with Gasteiger partial charge in [-0.15, -0.1) is 0 Å². The second kappa shape index (κ2) is 10.5. The SMILES string of the molecule is C=CCOc1ccc(C(O)=C2C(=O)C(=O)N(C[C@@H]3CCCO3)[C@]23C(=O)N(CCCC)c2ccccc23)cc1. The van der Waals surface area contributed by atoms with Crippen molar-refractivity contribution < 1.29 is 29.0 Å². The van der Waals surface area contributed by atoms with E-state index < -0.39 is 28.9 Å². The Morgan fingerprint density at radius 3 is 2.63 bits per heavy atom. The Kier molecular flexibility index (Phi) is 7.08. The van der Waals surface area contributed by atoms with E-state index in [2.05, 4.69) is 6.58 Å². The van der Waals surface area contributed by atoms with Crippen LogP contribution in [0.2, 0.25) is 0 Å². The number of para-hydroxylation sites is 1. The van der Waals surface area contributed by atoms with Crippen LogP contribution >= 0.6 is 0 Å². The molecule has 0 radical (unpaired) electrons. The lowest BCUT2D eigenvalue weighted by molar-refractivity contribution is -0.145. The first-order valence-corrected chi connectivity index (χ1v) is 13.1. The molecule has 2 aromatic carbocycles. The number of amides is 2. The summed E-state index contributed by atoms with van der Waals surface area (Å²) in [5.74, 6) is -1.93. The van der Waals surface area contributed by atoms with Gasteiger partial charge in [-0.3, -0.25) is 14.4 Å². The summed E-state index contributed by atoms with van der Waals surface area (Å²) < 4.78 is 11.3. The van der Waals surface area contributed by atoms with E-state index in [4.69, 9.17) is 9.47 Å². The summed E-state index contributed by atoms with van der Waals surface area (Å²) in [7, 11) is 0. The standard InChI is InChI=1S/C30H32N2O6/c1-3-5-16-31-24-11-7-6-10-23(24)30(29(31)36)25(26(33)20-12-14-21(15-13-20)37-17-4-2)27(34)28(35)32(30)19-22-9-8-18-38-22/h4,6-7,10-15,22,33H,2-3,5,8-9,16-19H2,1H3/t22-,30-/m0/s1. The maximum Gasteiger partial charge on any atom is 0.296 e. The average molecular weight is 517 g/mol. The second-order valence-electron chi connectivity index (χ2n) is 9.77. The monoisotopic (exact) mass is 516 g/mol. The Bertz CT molecular complexity index is 1290. The molecule has 2 atom stereocenters. The molecule has 38 heavy (non-hydrogen) atoms. The van der Waals surface area contributed by atoms with Crippen molar-refractivity contribution in [1.29, 1.82) is 0 Å². The fraction of sp³-hybridized carbons (Fsp3) is 0.367. The Morgan fingerprint density at radius 2 is 1.95 bits per heavy atom. The van der Waals surface area contributed by atoms with Crippen molar-refractivity contribution in [2.24, 2.45) is 0 Å². The van der Waals surface area contributed by atoms with Crippen LogP contribution in [0.3, 0.4) is 0 Å². The number of anilines is 1. The van der Waals surface area contributed by atoms with Crippen LogP contribution in [-0.4, -0.2) is 60.0 Å². The van der Waals surface area contributed by atoms with E-state index in [1.807, 2.05) is 19.1 Å². The second-order valence-corrected chi connectivity index (χ2v) is 9.77. The summed E-state index contributed by atoms with van der Waals surface area (Å²) in [6, 6.07) is 13.7. The first-order chi connectivity index (χ1) is 18.4. The van der Waals surface area contributed by atoms with Gasteiger partial charge in [0.25, 0.3) is 17.6 Å². The Labute approximate surface area is 222 Å². The molecule has 0 aromatic heterocycles. The smallest absolute Gasteiger partial charge is 0.296 e. The number of hydrogen-bond donors (Lipinski definition) is 1. The fourth-order valence-electron chi connectivity index (χ4n) is 5.66. The predicted molar refractivity (Wildman–Crippen MR) is 143 cm³/mol. The molecule has 2 saturated heterocycles. The van der Waals surface area contributed by atoms with Gasteiger partial charge in [-0.05, 0) is 49.6 Å². The number of ketones is 1. The number of hydrogen-bond acceptors (Lipinski definition) is 6. The highest BCUT2D eigenvalue weighted by Gasteiger charge is 2.67. The molecule has 2 amide bonds. The van der Waals surface area contributed by atoms with Crippen LogP contribution in [0.4, 0.5) is 5.69 Å². The van der Waals surface area contributed by atoms with Gasteiger partial charge in [0, 0.05) is 30.8 Å². The summed E-state index contributed by atoms with van der Waals surface area (Å²) >= 11 is 0. The van der Waals surface area contributed by atoms with Crippen molar-refractivity contribution in [2.45, 2.75) is 44.2 Å². The van der Waals surface area contributed by atoms with Crippen molar-refractivity contribution in [3.05, 3.63) is 77.9 Å². The van der Waals surface area contributed by atoms with Crippen LogP contribution in [-0.2, 0) is 24.7 Å². The van der Waals surface area contributed by atoms with Crippen LogP contribution in [0.5, 0.6) is 5.75 Å². The van der Waals surface area contributed by atoms with Crippen molar-refractivity contribution in [3.8, 4) is 5.75 Å². The zero-order chi connectivity index (χ0) is 26.9. The third-order valence-electron chi connectivity index (χ3n) is 7.45. The lowest BCUT2D eigenvalue weighted by Gasteiger charge is -2.35. The molecular formula is C30H32N2O6. The molecule has 8 nitrogen and oxygen atoms in total. The van der Waals surface area contributed by atoms with E-state index in [1.54, 1.807) is 47.4 Å². The topological polar surface area (TPSA) is 96.4 Å². The molecule has 0 saturated carbocycles. The number of unbranched alkanes of at least 4 members (excludes halogenated alkanes) is 1. The van der Waals surface area contributed by atoms with Gasteiger partial charge in [0.05, 0.1) is 17.4 Å². The fourth-order valence-corrected chi connectivity index (χ4v) is 5.66. The van der Waals surface area contributed by atoms with E-state index >= 15 is 0 Å². The van der Waals surface area contributed by atoms with Gasteiger partial charge in [0.1, 0.15) is 18.1 Å². The summed E-state index contributed by atoms with van der Waals surface area (Å²) in [5.41, 5.74) is -0.512. The van der Waals surface area contributed by atoms with Crippen molar-refractivity contribution >= 4 is 29.0 Å². The molecule has 1 spiro atoms. The lowest BCUT2D eigenvalue weighted by Crippen LogP contribution is -2.54. The zero-order valence-corrected chi connectivity index (χ0v) is 21.5. The summed E-state index contributed by atoms with van der Waals surface area (Å²) in [6.07, 6.45) is 4.51. The van der Waals surface area contributed by atoms with E-state index in [0.29, 0.717) is 42.3 Å². The molecule has 3 aliphatic rings. The lowest BCUT2D eigenvalue weighted by atomic mass is 9.81. The Morgan fingerprint density at radius 1 is 1.18 bits per heavy atom. The molecular weight excluding hydrogens is 484 g/mol. The average Bonchev–Trinajstić information content (AvgIpc) is 3.60. The molecule has 0 aliphatic carbocycles. The number of nitrogens with zero attached hydrogens (tertiary/aromatic N) is 2. The number of carbonyl (C=O) groups excluding carboxylic acids is 3. The maximum atomic E-state index is 14.5. The summed E-state index contributed by atoms with van der Waals surface area (Å²) in [4.78, 5) is 44.8. The normalized spacial score (nSPS) is 23.9. The minimum Gasteiger partial charge on any atom is -0.507 e. The number of likely N-dealkylation sites (tertiary alicyclic amines) is 1. The molecule has 2 fully saturated rings. The molecule has 3 aliphatic heterocycles. The molecule has 0 unspecified atom stereocenters. The quantitative estimate of drug-likeness (QED) is 0.233. The highest BCUT2D eigenvalue weighted by Crippen LogP contribution is 2.54. The minimum atomic E-state index is -1.77. The van der Waals surface area contributed by atoms with Gasteiger partial charge < -0.3 is 24.4 Å². The first-order valence-electron chi connectivity index (χ1n) is 13.1. The van der Waals surface area contributed by atoms with Crippen LogP contribution in [0.25, 0.3) is 5.76 Å². The van der Waals surface area contributed by atoms with Gasteiger partial charge in [-0.25, -0.2) is 0 Å². The van der Waals surface area contributed by atoms with Crippen LogP contribution in [0.15, 0.2) is 66.8 Å². The number of aliphatic hydroxyl groups is 1. The molecule has 8 heteroatoms. The number of benzene rings is 2. The summed E-state index contributed by atoms with van der Waals surface area (Å²) in [6.45, 7) is 7.07. The molecule has 3 heterocycles. The van der Waals surface area contributed by atoms with E-state index in [0.717, 1.165) is 25.7 Å². The van der Waals surface area contributed by atoms with Crippen molar-refractivity contribution in [3.63, 3.8) is 0 Å². The van der Waals surface area contributed by atoms with E-state index in [1.165, 1.54) is 4.90 Å². The Balaban J connectivity index is 1.70. The number of Topliss-reactive ketones (excluding diaryl/α,β-unsaturated/α-hetero) is 1. The molecule has 198 valence electrons. The maximum absolute atomic E-state index is 14.5. The minimum absolute atomic E-state index is 0.0807. The van der Waals surface area contributed by atoms with Gasteiger partial charge in [-0.2, -0.15) is 0 Å². The highest BCUT2D eigenvalue weighted by atomic mass is 16.5. The van der Waals surface area contributed by atoms with Crippen LogP contribution in [0, 0.1) is 0 Å². The van der Waals surface area contributed by atoms with E-state index in [9.17, 15) is 19.5 Å². The number of rotatable bonds is 9. The number of ether oxygens (including phenoxy) is 2. The highest BCUT2D eigenvalue weighted by molar-refractivity contribution is 6.50. The van der Waals surface area contributed by atoms with Gasteiger partial charge in [-0.1, -0.05) is 44.2 Å². The number of carbonyl (C=O) groups is 3. The number of fused-ring (bicyclic) bond motifs is 2. The van der Waals surface area contributed by atoms with Crippen molar-refractivity contribution in [2.75, 3.05) is 31.2 Å². The zero-order valence-electron chi connectivity index (χ0n) is 21.5. The van der Waals surface area contributed by atoms with Crippen LogP contribution in [0.1, 0.15) is 43.7 Å². The largest absolute Gasteiger partial charge is 0.507 e. The molecule has 1 N–H and O–H groups in total. The Hall–Kier alpha value is -3.91. The number of aliphatic hydroxyl groups excluding tert-OH is 1. The molecule has 2 aromatic rings. The predicted octanol–water partition coefficient (Wildman–Crippen LogP) is 4.15. The third kappa shape index (κ3) is 4.00. The third-order valence-corrected chi connectivity index (χ3v) is 7.45. The molecule has 0 bridgehead atoms. The van der Waals surface area contributed by atoms with Gasteiger partial charge >= 0.3 is 0 Å². The first kappa shape index (κ1) is 25.7. The summed E-state index contributed by atoms with van der Waals surface area (Å²) in [5, 5.41) is 11.6. The van der Waals surface area contributed by atoms with Crippen molar-refractivity contribution in [1.82, 2.24) is 4.90 Å².